The maximum absolute atomic E-state index is 13.2. The molecule has 0 spiro atoms. The first-order valence-corrected chi connectivity index (χ1v) is 7.72. The number of benzene rings is 1. The van der Waals surface area contributed by atoms with Crippen LogP contribution >= 0.6 is 0 Å². The number of nitrogens with one attached hydrogen (secondary N) is 1. The van der Waals surface area contributed by atoms with Gasteiger partial charge in [-0.25, -0.2) is 12.8 Å². The quantitative estimate of drug-likeness (QED) is 0.865. The Morgan fingerprint density at radius 1 is 1.35 bits per heavy atom. The Balaban J connectivity index is 2.38. The van der Waals surface area contributed by atoms with Crippen LogP contribution in [0.1, 0.15) is 24.0 Å². The second kappa shape index (κ2) is 5.14. The maximum atomic E-state index is 13.2. The van der Waals surface area contributed by atoms with Crippen molar-refractivity contribution in [3.63, 3.8) is 0 Å². The van der Waals surface area contributed by atoms with Crippen molar-refractivity contribution >= 4 is 16.0 Å². The predicted molar refractivity (Wildman–Crippen MR) is 70.3 cm³/mol. The van der Waals surface area contributed by atoms with Crippen LogP contribution < -0.4 is 4.72 Å². The molecule has 0 aliphatic heterocycles. The average molecular weight is 301 g/mol. The van der Waals surface area contributed by atoms with E-state index in [1.165, 1.54) is 13.8 Å². The van der Waals surface area contributed by atoms with Gasteiger partial charge in [0.1, 0.15) is 11.9 Å². The summed E-state index contributed by atoms with van der Waals surface area (Å²) in [6, 6.07) is 1.12. The zero-order valence-corrected chi connectivity index (χ0v) is 12.0. The Bertz CT molecular complexity index is 629. The summed E-state index contributed by atoms with van der Waals surface area (Å²) in [5.74, 6) is -1.87. The van der Waals surface area contributed by atoms with Gasteiger partial charge >= 0.3 is 5.97 Å². The van der Waals surface area contributed by atoms with E-state index in [4.69, 9.17) is 5.11 Å². The molecule has 0 bridgehead atoms. The van der Waals surface area contributed by atoms with Crippen LogP contribution in [-0.4, -0.2) is 25.5 Å². The minimum Gasteiger partial charge on any atom is -0.480 e. The molecule has 1 aliphatic carbocycles. The number of rotatable bonds is 5. The first-order chi connectivity index (χ1) is 9.22. The number of hydrogen-bond acceptors (Lipinski definition) is 3. The molecule has 2 rings (SSSR count). The van der Waals surface area contributed by atoms with Gasteiger partial charge in [-0.2, -0.15) is 4.72 Å². The van der Waals surface area contributed by atoms with Gasteiger partial charge in [0, 0.05) is 0 Å². The van der Waals surface area contributed by atoms with Crippen molar-refractivity contribution in [2.45, 2.75) is 37.6 Å². The first-order valence-electron chi connectivity index (χ1n) is 6.24. The third-order valence-electron chi connectivity index (χ3n) is 3.34. The van der Waals surface area contributed by atoms with E-state index in [2.05, 4.69) is 4.72 Å². The number of hydrogen-bond donors (Lipinski definition) is 2. The van der Waals surface area contributed by atoms with Crippen molar-refractivity contribution in [3.8, 4) is 0 Å². The van der Waals surface area contributed by atoms with Gasteiger partial charge in [-0.05, 0) is 55.9 Å². The van der Waals surface area contributed by atoms with Crippen LogP contribution in [0.2, 0.25) is 0 Å². The second-order valence-electron chi connectivity index (χ2n) is 5.14. The highest BCUT2D eigenvalue weighted by Gasteiger charge is 2.39. The van der Waals surface area contributed by atoms with E-state index < -0.39 is 27.9 Å². The van der Waals surface area contributed by atoms with Crippen molar-refractivity contribution in [1.82, 2.24) is 4.72 Å². The lowest BCUT2D eigenvalue weighted by Gasteiger charge is -2.16. The van der Waals surface area contributed by atoms with E-state index in [1.807, 2.05) is 0 Å². The molecule has 0 saturated heterocycles. The van der Waals surface area contributed by atoms with Crippen LogP contribution in [0.25, 0.3) is 0 Å². The topological polar surface area (TPSA) is 83.5 Å². The predicted octanol–water partition coefficient (Wildman–Crippen LogP) is 1.58. The molecular weight excluding hydrogens is 285 g/mol. The molecule has 1 fully saturated rings. The van der Waals surface area contributed by atoms with Gasteiger partial charge < -0.3 is 5.11 Å². The highest BCUT2D eigenvalue weighted by molar-refractivity contribution is 7.89. The summed E-state index contributed by atoms with van der Waals surface area (Å²) >= 11 is 0. The zero-order chi connectivity index (χ0) is 15.1. The molecule has 1 aliphatic rings. The SMILES string of the molecule is Cc1cc(F)cc(C)c1S(=O)(=O)NC(C(=O)O)C1CC1. The smallest absolute Gasteiger partial charge is 0.322 e. The first kappa shape index (κ1) is 14.9. The summed E-state index contributed by atoms with van der Waals surface area (Å²) < 4.78 is 40.1. The number of aliphatic carboxylic acids is 1. The number of aryl methyl sites for hydroxylation is 2. The lowest BCUT2D eigenvalue weighted by atomic mass is 10.1. The normalized spacial score (nSPS) is 16.9. The summed E-state index contributed by atoms with van der Waals surface area (Å²) in [4.78, 5) is 11.1. The third kappa shape index (κ3) is 2.99. The fourth-order valence-corrected chi connectivity index (χ4v) is 4.04. The maximum Gasteiger partial charge on any atom is 0.322 e. The van der Waals surface area contributed by atoms with Crippen LogP contribution in [0.5, 0.6) is 0 Å². The highest BCUT2D eigenvalue weighted by Crippen LogP contribution is 2.34. The zero-order valence-electron chi connectivity index (χ0n) is 11.2. The van der Waals surface area contributed by atoms with Crippen molar-refractivity contribution in [2.75, 3.05) is 0 Å². The second-order valence-corrected chi connectivity index (χ2v) is 6.79. The molecule has 7 heteroatoms. The molecule has 1 unspecified atom stereocenters. The Morgan fingerprint density at radius 3 is 2.25 bits per heavy atom. The molecule has 0 heterocycles. The van der Waals surface area contributed by atoms with Crippen molar-refractivity contribution < 1.29 is 22.7 Å². The fraction of sp³-hybridized carbons (Fsp3) is 0.462. The molecule has 1 atom stereocenters. The third-order valence-corrected chi connectivity index (χ3v) is 5.08. The van der Waals surface area contributed by atoms with Crippen molar-refractivity contribution in [2.24, 2.45) is 5.92 Å². The van der Waals surface area contributed by atoms with Gasteiger partial charge in [-0.1, -0.05) is 0 Å². The minimum absolute atomic E-state index is 0.0502. The van der Waals surface area contributed by atoms with Gasteiger partial charge in [0.15, 0.2) is 0 Å². The molecule has 0 radical (unpaired) electrons. The van der Waals surface area contributed by atoms with Crippen molar-refractivity contribution in [1.29, 1.82) is 0 Å². The fourth-order valence-electron chi connectivity index (χ4n) is 2.33. The molecule has 1 aromatic rings. The lowest BCUT2D eigenvalue weighted by molar-refractivity contribution is -0.139. The lowest BCUT2D eigenvalue weighted by Crippen LogP contribution is -2.42. The van der Waals surface area contributed by atoms with Gasteiger partial charge in [0.25, 0.3) is 0 Å². The highest BCUT2D eigenvalue weighted by atomic mass is 32.2. The Morgan fingerprint density at radius 2 is 1.85 bits per heavy atom. The van der Waals surface area contributed by atoms with Crippen LogP contribution in [0, 0.1) is 25.6 Å². The Kier molecular flexibility index (Phi) is 3.84. The Hall–Kier alpha value is -1.47. The summed E-state index contributed by atoms with van der Waals surface area (Å²) in [6.45, 7) is 2.97. The van der Waals surface area contributed by atoms with Crippen molar-refractivity contribution in [3.05, 3.63) is 29.1 Å². The molecule has 110 valence electrons. The molecular formula is C13H16FNO4S. The van der Waals surface area contributed by atoms with Crippen LogP contribution in [0.3, 0.4) is 0 Å². The van der Waals surface area contributed by atoms with Crippen LogP contribution in [-0.2, 0) is 14.8 Å². The molecule has 2 N–H and O–H groups in total. The van der Waals surface area contributed by atoms with Gasteiger partial charge in [0.05, 0.1) is 4.90 Å². The summed E-state index contributed by atoms with van der Waals surface area (Å²) in [5.41, 5.74) is 0.518. The standard InChI is InChI=1S/C13H16FNO4S/c1-7-5-10(14)6-8(2)12(7)20(18,19)15-11(13(16)17)9-3-4-9/h5-6,9,11,15H,3-4H2,1-2H3,(H,16,17). The summed E-state index contributed by atoms with van der Waals surface area (Å²) in [6.07, 6.45) is 1.39. The van der Waals surface area contributed by atoms with E-state index in [-0.39, 0.29) is 21.9 Å². The van der Waals surface area contributed by atoms with E-state index in [9.17, 15) is 17.6 Å². The monoisotopic (exact) mass is 301 g/mol. The van der Waals surface area contributed by atoms with Gasteiger partial charge in [-0.15, -0.1) is 0 Å². The molecule has 5 nitrogen and oxygen atoms in total. The number of carboxylic acid groups (broad SMARTS) is 1. The Labute approximate surface area is 116 Å². The average Bonchev–Trinajstić information content (AvgIpc) is 3.07. The van der Waals surface area contributed by atoms with Gasteiger partial charge in [-0.3, -0.25) is 4.79 Å². The van der Waals surface area contributed by atoms with E-state index in [0.29, 0.717) is 12.8 Å². The number of sulfonamides is 1. The van der Waals surface area contributed by atoms with E-state index in [0.717, 1.165) is 12.1 Å². The largest absolute Gasteiger partial charge is 0.480 e. The number of carbonyl (C=O) groups is 1. The molecule has 0 aromatic heterocycles. The molecule has 20 heavy (non-hydrogen) atoms. The number of carboxylic acids is 1. The van der Waals surface area contributed by atoms with Gasteiger partial charge in [0.2, 0.25) is 10.0 Å². The molecule has 0 amide bonds. The molecule has 1 saturated carbocycles. The summed E-state index contributed by atoms with van der Waals surface area (Å²) in [5, 5.41) is 9.09. The molecule has 1 aromatic carbocycles. The minimum atomic E-state index is -3.99. The van der Waals surface area contributed by atoms with Crippen LogP contribution in [0.15, 0.2) is 17.0 Å². The summed E-state index contributed by atoms with van der Waals surface area (Å²) in [7, 11) is -3.99. The van der Waals surface area contributed by atoms with Crippen LogP contribution in [0.4, 0.5) is 4.39 Å². The van der Waals surface area contributed by atoms with E-state index in [1.54, 1.807) is 0 Å². The van der Waals surface area contributed by atoms with E-state index >= 15 is 0 Å². The number of halogens is 1.